The van der Waals surface area contributed by atoms with Crippen LogP contribution in [0.2, 0.25) is 0 Å². The van der Waals surface area contributed by atoms with Crippen LogP contribution in [0.15, 0.2) is 42.5 Å². The largest absolute Gasteiger partial charge is 0.496 e. The topological polar surface area (TPSA) is 44.8 Å². The third kappa shape index (κ3) is 3.50. The van der Waals surface area contributed by atoms with Crippen LogP contribution in [0.3, 0.4) is 0 Å². The highest BCUT2D eigenvalue weighted by molar-refractivity contribution is 6.07. The van der Waals surface area contributed by atoms with Crippen LogP contribution < -0.4 is 15.0 Å². The van der Waals surface area contributed by atoms with E-state index in [1.54, 1.807) is 12.0 Å². The molecule has 160 valence electrons. The molecule has 0 aromatic heterocycles. The molecule has 2 atom stereocenters. The molecule has 1 amide bonds. The average Bonchev–Trinajstić information content (AvgIpc) is 2.92. The van der Waals surface area contributed by atoms with E-state index in [-0.39, 0.29) is 5.91 Å². The van der Waals surface area contributed by atoms with E-state index in [1.165, 1.54) is 12.0 Å². The first kappa shape index (κ1) is 20.9. The highest BCUT2D eigenvalue weighted by Gasteiger charge is 2.43. The number of piperidine rings is 1. The molecule has 4 rings (SSSR count). The standard InChI is InChI=1S/C25H33N3O2/c1-25(2)19-14-18(22(30-5)15-21(19)28(4)24(25)29)16-26-20-12-9-13-27(3)23(20)17-10-7-6-8-11-17/h6-8,10-11,14-15,20,23,26H,9,12-13,16H2,1-5H3. The molecule has 2 aromatic carbocycles. The number of hydrogen-bond acceptors (Lipinski definition) is 4. The fourth-order valence-corrected chi connectivity index (χ4v) is 5.12. The number of likely N-dealkylation sites (tertiary alicyclic amines) is 1. The first-order valence-corrected chi connectivity index (χ1v) is 10.8. The van der Waals surface area contributed by atoms with E-state index in [4.69, 9.17) is 4.74 Å². The fourth-order valence-electron chi connectivity index (χ4n) is 5.12. The lowest BCUT2D eigenvalue weighted by molar-refractivity contribution is -0.121. The molecular weight excluding hydrogens is 374 g/mol. The van der Waals surface area contributed by atoms with Gasteiger partial charge in [-0.3, -0.25) is 9.69 Å². The first-order valence-electron chi connectivity index (χ1n) is 10.8. The second-order valence-corrected chi connectivity index (χ2v) is 9.14. The minimum Gasteiger partial charge on any atom is -0.496 e. The highest BCUT2D eigenvalue weighted by Crippen LogP contribution is 2.44. The SMILES string of the molecule is COc1cc2c(cc1CNC1CCCN(C)C1c1ccccc1)C(C)(C)C(=O)N2C. The number of likely N-dealkylation sites (N-methyl/N-ethyl adjacent to an activating group) is 2. The Bertz CT molecular complexity index is 925. The van der Waals surface area contributed by atoms with Gasteiger partial charge < -0.3 is 15.0 Å². The van der Waals surface area contributed by atoms with Crippen LogP contribution >= 0.6 is 0 Å². The van der Waals surface area contributed by atoms with Crippen molar-refractivity contribution < 1.29 is 9.53 Å². The van der Waals surface area contributed by atoms with E-state index in [1.807, 2.05) is 27.0 Å². The van der Waals surface area contributed by atoms with Gasteiger partial charge in [-0.05, 0) is 57.5 Å². The molecule has 30 heavy (non-hydrogen) atoms. The summed E-state index contributed by atoms with van der Waals surface area (Å²) in [5, 5.41) is 3.81. The molecule has 1 N–H and O–H groups in total. The summed E-state index contributed by atoms with van der Waals surface area (Å²) in [6.45, 7) is 5.83. The predicted molar refractivity (Wildman–Crippen MR) is 121 cm³/mol. The number of carbonyl (C=O) groups excluding carboxylic acids is 1. The lowest BCUT2D eigenvalue weighted by Crippen LogP contribution is -2.46. The van der Waals surface area contributed by atoms with E-state index in [0.717, 1.165) is 35.5 Å². The molecule has 1 saturated heterocycles. The maximum Gasteiger partial charge on any atom is 0.236 e. The summed E-state index contributed by atoms with van der Waals surface area (Å²) >= 11 is 0. The number of amides is 1. The molecule has 0 radical (unpaired) electrons. The Labute approximate surface area is 180 Å². The number of hydrogen-bond donors (Lipinski definition) is 1. The van der Waals surface area contributed by atoms with E-state index in [2.05, 4.69) is 53.7 Å². The van der Waals surface area contributed by atoms with Gasteiger partial charge in [-0.2, -0.15) is 0 Å². The molecule has 0 aliphatic carbocycles. The number of nitrogens with one attached hydrogen (secondary N) is 1. The molecule has 2 aromatic rings. The van der Waals surface area contributed by atoms with E-state index >= 15 is 0 Å². The van der Waals surface area contributed by atoms with Crippen LogP contribution in [0, 0.1) is 0 Å². The van der Waals surface area contributed by atoms with Gasteiger partial charge in [0.15, 0.2) is 0 Å². The zero-order valence-corrected chi connectivity index (χ0v) is 18.7. The molecule has 0 bridgehead atoms. The summed E-state index contributed by atoms with van der Waals surface area (Å²) in [5.74, 6) is 0.960. The Balaban J connectivity index is 1.60. The Kier molecular flexibility index (Phi) is 5.60. The van der Waals surface area contributed by atoms with Crippen LogP contribution in [0.4, 0.5) is 5.69 Å². The van der Waals surface area contributed by atoms with E-state index in [9.17, 15) is 4.79 Å². The quantitative estimate of drug-likeness (QED) is 0.817. The van der Waals surface area contributed by atoms with Crippen LogP contribution in [0.25, 0.3) is 0 Å². The predicted octanol–water partition coefficient (Wildman–Crippen LogP) is 3.87. The van der Waals surface area contributed by atoms with Crippen molar-refractivity contribution in [2.75, 3.05) is 32.6 Å². The maximum absolute atomic E-state index is 12.7. The van der Waals surface area contributed by atoms with Crippen molar-refractivity contribution in [1.29, 1.82) is 0 Å². The smallest absolute Gasteiger partial charge is 0.236 e. The molecule has 5 nitrogen and oxygen atoms in total. The van der Waals surface area contributed by atoms with Gasteiger partial charge in [0.1, 0.15) is 5.75 Å². The normalized spacial score (nSPS) is 23.5. The van der Waals surface area contributed by atoms with Crippen LogP contribution in [0.5, 0.6) is 5.75 Å². The van der Waals surface area contributed by atoms with Crippen LogP contribution in [-0.4, -0.2) is 44.6 Å². The number of nitrogens with zero attached hydrogens (tertiary/aromatic N) is 2. The molecular formula is C25H33N3O2. The van der Waals surface area contributed by atoms with Crippen LogP contribution in [0.1, 0.15) is 49.4 Å². The summed E-state index contributed by atoms with van der Waals surface area (Å²) in [4.78, 5) is 16.9. The summed E-state index contributed by atoms with van der Waals surface area (Å²) in [6.07, 6.45) is 2.33. The molecule has 1 fully saturated rings. The lowest BCUT2D eigenvalue weighted by atomic mass is 9.85. The van der Waals surface area contributed by atoms with Gasteiger partial charge in [-0.15, -0.1) is 0 Å². The molecule has 2 aliphatic heterocycles. The molecule has 5 heteroatoms. The van der Waals surface area contributed by atoms with Crippen molar-refractivity contribution in [3.8, 4) is 5.75 Å². The lowest BCUT2D eigenvalue weighted by Gasteiger charge is -2.40. The Morgan fingerprint density at radius 2 is 1.90 bits per heavy atom. The van der Waals surface area contributed by atoms with Gasteiger partial charge in [0.2, 0.25) is 5.91 Å². The summed E-state index contributed by atoms with van der Waals surface area (Å²) in [5.41, 5.74) is 3.97. The van der Waals surface area contributed by atoms with Crippen molar-refractivity contribution in [1.82, 2.24) is 10.2 Å². The third-order valence-corrected chi connectivity index (χ3v) is 6.85. The van der Waals surface area contributed by atoms with Crippen molar-refractivity contribution in [3.63, 3.8) is 0 Å². The molecule has 0 spiro atoms. The number of benzene rings is 2. The second-order valence-electron chi connectivity index (χ2n) is 9.14. The van der Waals surface area contributed by atoms with Gasteiger partial charge in [-0.25, -0.2) is 0 Å². The highest BCUT2D eigenvalue weighted by atomic mass is 16.5. The molecule has 2 unspecified atom stereocenters. The molecule has 2 aliphatic rings. The van der Waals surface area contributed by atoms with Gasteiger partial charge in [0, 0.05) is 37.3 Å². The number of anilines is 1. The average molecular weight is 408 g/mol. The Morgan fingerprint density at radius 1 is 1.17 bits per heavy atom. The Hall–Kier alpha value is -2.37. The second kappa shape index (κ2) is 8.05. The number of ether oxygens (including phenoxy) is 1. The summed E-state index contributed by atoms with van der Waals surface area (Å²) in [6, 6.07) is 15.6. The zero-order chi connectivity index (χ0) is 21.5. The van der Waals surface area contributed by atoms with Gasteiger partial charge in [0.25, 0.3) is 0 Å². The molecule has 0 saturated carbocycles. The maximum atomic E-state index is 12.7. The third-order valence-electron chi connectivity index (χ3n) is 6.85. The van der Waals surface area contributed by atoms with Gasteiger partial charge in [-0.1, -0.05) is 30.3 Å². The summed E-state index contributed by atoms with van der Waals surface area (Å²) < 4.78 is 5.71. The number of carbonyl (C=O) groups is 1. The van der Waals surface area contributed by atoms with E-state index in [0.29, 0.717) is 18.6 Å². The van der Waals surface area contributed by atoms with Crippen molar-refractivity contribution in [2.24, 2.45) is 0 Å². The fraction of sp³-hybridized carbons (Fsp3) is 0.480. The van der Waals surface area contributed by atoms with Crippen molar-refractivity contribution in [3.05, 3.63) is 59.2 Å². The first-order chi connectivity index (χ1) is 14.3. The van der Waals surface area contributed by atoms with E-state index < -0.39 is 5.41 Å². The van der Waals surface area contributed by atoms with Gasteiger partial charge >= 0.3 is 0 Å². The number of methoxy groups -OCH3 is 1. The van der Waals surface area contributed by atoms with Gasteiger partial charge in [0.05, 0.1) is 18.2 Å². The minimum atomic E-state index is -0.511. The van der Waals surface area contributed by atoms with Crippen molar-refractivity contribution in [2.45, 2.75) is 50.7 Å². The number of fused-ring (bicyclic) bond motifs is 1. The van der Waals surface area contributed by atoms with Crippen molar-refractivity contribution >= 4 is 11.6 Å². The minimum absolute atomic E-state index is 0.128. The monoisotopic (exact) mass is 407 g/mol. The zero-order valence-electron chi connectivity index (χ0n) is 18.7. The Morgan fingerprint density at radius 3 is 2.60 bits per heavy atom. The van der Waals surface area contributed by atoms with Crippen LogP contribution in [-0.2, 0) is 16.8 Å². The number of rotatable bonds is 5. The summed E-state index contributed by atoms with van der Waals surface area (Å²) in [7, 11) is 5.76. The molecule has 2 heterocycles.